The third-order valence-corrected chi connectivity index (χ3v) is 3.32. The number of carboxylic acid groups (broad SMARTS) is 1. The Labute approximate surface area is 92.1 Å². The van der Waals surface area contributed by atoms with Crippen molar-refractivity contribution >= 4 is 34.2 Å². The van der Waals surface area contributed by atoms with Gasteiger partial charge in [-0.05, 0) is 11.8 Å². The molecular weight excluding hydrogens is 248 g/mol. The van der Waals surface area contributed by atoms with E-state index in [0.717, 1.165) is 11.3 Å². The normalized spacial score (nSPS) is 11.5. The van der Waals surface area contributed by atoms with Crippen LogP contribution in [0.15, 0.2) is 4.34 Å². The van der Waals surface area contributed by atoms with E-state index >= 15 is 0 Å². The van der Waals surface area contributed by atoms with Gasteiger partial charge in [-0.15, -0.1) is 10.2 Å². The molecule has 1 heterocycles. The fourth-order valence-corrected chi connectivity index (χ4v) is 2.17. The van der Waals surface area contributed by atoms with Gasteiger partial charge in [0.25, 0.3) is 0 Å². The van der Waals surface area contributed by atoms with Crippen molar-refractivity contribution in [1.82, 2.24) is 10.2 Å². The van der Waals surface area contributed by atoms with Crippen LogP contribution < -0.4 is 4.90 Å². The highest BCUT2D eigenvalue weighted by atomic mass is 32.2. The fraction of sp³-hybridized carbons (Fsp3) is 0.500. The van der Waals surface area contributed by atoms with E-state index < -0.39 is 11.2 Å². The van der Waals surface area contributed by atoms with Crippen molar-refractivity contribution in [1.29, 1.82) is 0 Å². The Morgan fingerprint density at radius 2 is 2.13 bits per heavy atom. The first kappa shape index (κ1) is 12.1. The van der Waals surface area contributed by atoms with Gasteiger partial charge in [0, 0.05) is 14.1 Å². The zero-order valence-corrected chi connectivity index (χ0v) is 9.40. The van der Waals surface area contributed by atoms with Crippen LogP contribution in [-0.4, -0.2) is 40.6 Å². The summed E-state index contributed by atoms with van der Waals surface area (Å²) >= 11 is 0.786. The van der Waals surface area contributed by atoms with Crippen LogP contribution in [0.2, 0.25) is 0 Å². The van der Waals surface area contributed by atoms with E-state index in [4.69, 9.17) is 5.11 Å². The second-order valence-corrected chi connectivity index (χ2v) is 4.99. The Kier molecular flexibility index (Phi) is 3.45. The van der Waals surface area contributed by atoms with Crippen LogP contribution in [0.25, 0.3) is 0 Å². The number of carboxylic acids is 1. The van der Waals surface area contributed by atoms with Gasteiger partial charge >= 0.3 is 11.2 Å². The molecule has 9 heteroatoms. The van der Waals surface area contributed by atoms with Crippen molar-refractivity contribution in [3.05, 3.63) is 0 Å². The topological polar surface area (TPSA) is 66.3 Å². The van der Waals surface area contributed by atoms with Crippen LogP contribution in [0.5, 0.6) is 0 Å². The van der Waals surface area contributed by atoms with Crippen molar-refractivity contribution in [3.8, 4) is 0 Å². The first-order chi connectivity index (χ1) is 6.83. The molecule has 1 rings (SSSR count). The minimum absolute atomic E-state index is 0.0777. The van der Waals surface area contributed by atoms with E-state index in [2.05, 4.69) is 10.2 Å². The van der Waals surface area contributed by atoms with Gasteiger partial charge in [-0.2, -0.15) is 8.78 Å². The molecule has 1 aromatic rings. The lowest BCUT2D eigenvalue weighted by Gasteiger charge is -2.06. The van der Waals surface area contributed by atoms with Gasteiger partial charge < -0.3 is 10.0 Å². The first-order valence-electron chi connectivity index (χ1n) is 3.64. The van der Waals surface area contributed by atoms with Gasteiger partial charge in [-0.3, -0.25) is 0 Å². The molecule has 0 fully saturated rings. The molecule has 0 atom stereocenters. The maximum Gasteiger partial charge on any atom is 0.395 e. The minimum atomic E-state index is -3.87. The van der Waals surface area contributed by atoms with E-state index in [1.54, 1.807) is 19.0 Å². The summed E-state index contributed by atoms with van der Waals surface area (Å²) < 4.78 is 25.4. The number of hydrogen-bond donors (Lipinski definition) is 1. The first-order valence-corrected chi connectivity index (χ1v) is 5.27. The number of aromatic nitrogens is 2. The molecule has 0 spiro atoms. The summed E-state index contributed by atoms with van der Waals surface area (Å²) in [5.41, 5.74) is 0. The maximum atomic E-state index is 12.7. The minimum Gasteiger partial charge on any atom is -0.476 e. The van der Waals surface area contributed by atoms with E-state index in [1.165, 1.54) is 0 Å². The van der Waals surface area contributed by atoms with Gasteiger partial charge in [0.2, 0.25) is 5.13 Å². The lowest BCUT2D eigenvalue weighted by Crippen LogP contribution is -2.23. The summed E-state index contributed by atoms with van der Waals surface area (Å²) in [4.78, 5) is 11.7. The fourth-order valence-electron chi connectivity index (χ4n) is 0.578. The molecule has 0 aliphatic rings. The third kappa shape index (κ3) is 2.99. The number of aliphatic carboxylic acids is 1. The number of carbonyl (C=O) groups is 1. The maximum absolute atomic E-state index is 12.7. The second-order valence-electron chi connectivity index (χ2n) is 2.67. The number of hydrogen-bond acceptors (Lipinski definition) is 6. The lowest BCUT2D eigenvalue weighted by atomic mass is 10.7. The molecule has 1 aromatic heterocycles. The molecular formula is C6H7F2N3O2S2. The molecule has 0 radical (unpaired) electrons. The van der Waals surface area contributed by atoms with E-state index in [0.29, 0.717) is 5.13 Å². The van der Waals surface area contributed by atoms with Crippen molar-refractivity contribution in [2.24, 2.45) is 0 Å². The summed E-state index contributed by atoms with van der Waals surface area (Å²) in [6.07, 6.45) is 0. The summed E-state index contributed by atoms with van der Waals surface area (Å²) in [5.74, 6) is -2.19. The molecule has 0 aliphatic heterocycles. The molecule has 5 nitrogen and oxygen atoms in total. The van der Waals surface area contributed by atoms with Gasteiger partial charge in [-0.1, -0.05) is 11.3 Å². The van der Waals surface area contributed by atoms with Crippen molar-refractivity contribution in [3.63, 3.8) is 0 Å². The van der Waals surface area contributed by atoms with Crippen molar-refractivity contribution in [2.75, 3.05) is 19.0 Å². The van der Waals surface area contributed by atoms with Crippen LogP contribution in [-0.2, 0) is 4.79 Å². The van der Waals surface area contributed by atoms with Crippen molar-refractivity contribution < 1.29 is 18.7 Å². The predicted molar refractivity (Wildman–Crippen MR) is 52.7 cm³/mol. The summed E-state index contributed by atoms with van der Waals surface area (Å²) in [6, 6.07) is 0. The molecule has 0 aromatic carbocycles. The average molecular weight is 255 g/mol. The Morgan fingerprint density at radius 1 is 1.53 bits per heavy atom. The number of halogens is 2. The molecule has 0 bridgehead atoms. The van der Waals surface area contributed by atoms with Crippen LogP contribution in [0.4, 0.5) is 13.9 Å². The molecule has 1 N–H and O–H groups in total. The van der Waals surface area contributed by atoms with Crippen LogP contribution >= 0.6 is 23.1 Å². The van der Waals surface area contributed by atoms with E-state index in [-0.39, 0.29) is 16.1 Å². The number of nitrogens with zero attached hydrogens (tertiary/aromatic N) is 3. The molecule has 15 heavy (non-hydrogen) atoms. The van der Waals surface area contributed by atoms with E-state index in [9.17, 15) is 13.6 Å². The average Bonchev–Trinajstić information content (AvgIpc) is 2.51. The number of thioether (sulfide) groups is 1. The smallest absolute Gasteiger partial charge is 0.395 e. The Balaban J connectivity index is 2.77. The molecule has 0 saturated heterocycles. The highest BCUT2D eigenvalue weighted by Gasteiger charge is 2.41. The summed E-state index contributed by atoms with van der Waals surface area (Å²) in [6.45, 7) is 0. The number of rotatable bonds is 4. The highest BCUT2D eigenvalue weighted by molar-refractivity contribution is 8.02. The summed E-state index contributed by atoms with van der Waals surface area (Å²) in [5, 5.41) is 11.8. The Morgan fingerprint density at radius 3 is 2.53 bits per heavy atom. The van der Waals surface area contributed by atoms with E-state index in [1.807, 2.05) is 0 Å². The standard InChI is InChI=1S/C6H7F2N3O2S2/c1-11(2)4-9-10-5(14-4)15-6(7,8)3(12)13/h1-2H3,(H,12,13). The monoisotopic (exact) mass is 255 g/mol. The molecule has 0 unspecified atom stereocenters. The lowest BCUT2D eigenvalue weighted by molar-refractivity contribution is -0.152. The molecule has 0 amide bonds. The quantitative estimate of drug-likeness (QED) is 0.820. The van der Waals surface area contributed by atoms with Gasteiger partial charge in [0.15, 0.2) is 4.34 Å². The van der Waals surface area contributed by atoms with Gasteiger partial charge in [0.05, 0.1) is 0 Å². The predicted octanol–water partition coefficient (Wildman–Crippen LogP) is 1.37. The highest BCUT2D eigenvalue weighted by Crippen LogP contribution is 2.38. The Bertz CT molecular complexity index is 369. The Hall–Kier alpha value is -0.960. The molecule has 0 saturated carbocycles. The SMILES string of the molecule is CN(C)c1nnc(SC(F)(F)C(=O)O)s1. The number of alkyl halides is 2. The molecule has 84 valence electrons. The van der Waals surface area contributed by atoms with Gasteiger partial charge in [0.1, 0.15) is 0 Å². The van der Waals surface area contributed by atoms with Crippen molar-refractivity contribution in [2.45, 2.75) is 9.59 Å². The van der Waals surface area contributed by atoms with Crippen LogP contribution in [0.1, 0.15) is 0 Å². The zero-order valence-electron chi connectivity index (χ0n) is 7.77. The zero-order chi connectivity index (χ0) is 11.6. The molecule has 0 aliphatic carbocycles. The third-order valence-electron chi connectivity index (χ3n) is 1.24. The van der Waals surface area contributed by atoms with Crippen LogP contribution in [0, 0.1) is 0 Å². The number of anilines is 1. The second kappa shape index (κ2) is 4.27. The summed E-state index contributed by atoms with van der Waals surface area (Å²) in [7, 11) is 3.37. The van der Waals surface area contributed by atoms with Gasteiger partial charge in [-0.25, -0.2) is 4.79 Å². The van der Waals surface area contributed by atoms with Crippen LogP contribution in [0.3, 0.4) is 0 Å². The largest absolute Gasteiger partial charge is 0.476 e.